The molecule has 8 nitrogen and oxygen atoms in total. The quantitative estimate of drug-likeness (QED) is 0.607. The van der Waals surface area contributed by atoms with Gasteiger partial charge in [-0.05, 0) is 6.07 Å². The van der Waals surface area contributed by atoms with Crippen LogP contribution in [0.2, 0.25) is 5.15 Å². The van der Waals surface area contributed by atoms with Gasteiger partial charge in [0.25, 0.3) is 5.91 Å². The van der Waals surface area contributed by atoms with E-state index in [-0.39, 0.29) is 22.4 Å². The molecular formula is C11H7ClN6O2. The Kier molecular flexibility index (Phi) is 2.92. The van der Waals surface area contributed by atoms with Crippen molar-refractivity contribution in [2.75, 3.05) is 5.32 Å². The summed E-state index contributed by atoms with van der Waals surface area (Å²) in [4.78, 5) is 40.1. The Morgan fingerprint density at radius 2 is 2.15 bits per heavy atom. The van der Waals surface area contributed by atoms with Gasteiger partial charge in [-0.3, -0.25) is 14.9 Å². The Hall–Kier alpha value is -2.74. The van der Waals surface area contributed by atoms with Crippen LogP contribution in [0.3, 0.4) is 0 Å². The van der Waals surface area contributed by atoms with Crippen molar-refractivity contribution in [2.24, 2.45) is 0 Å². The Bertz CT molecular complexity index is 855. The van der Waals surface area contributed by atoms with Crippen LogP contribution in [0.15, 0.2) is 29.3 Å². The first-order valence-electron chi connectivity index (χ1n) is 5.51. The molecule has 3 aromatic heterocycles. The Morgan fingerprint density at radius 3 is 2.95 bits per heavy atom. The SMILES string of the molecule is O=C(Nc1nc(Cl)c2[nH]cnc2n1)c1cccc(=O)[nH]1. The van der Waals surface area contributed by atoms with Gasteiger partial charge in [0.05, 0.1) is 6.33 Å². The van der Waals surface area contributed by atoms with E-state index in [4.69, 9.17) is 11.6 Å². The molecule has 20 heavy (non-hydrogen) atoms. The van der Waals surface area contributed by atoms with Crippen molar-refractivity contribution in [2.45, 2.75) is 0 Å². The third-order valence-corrected chi connectivity index (χ3v) is 2.75. The molecule has 0 aliphatic rings. The highest BCUT2D eigenvalue weighted by Crippen LogP contribution is 2.18. The van der Waals surface area contributed by atoms with Crippen LogP contribution in [-0.4, -0.2) is 30.8 Å². The van der Waals surface area contributed by atoms with Crippen LogP contribution in [-0.2, 0) is 0 Å². The number of nitrogens with one attached hydrogen (secondary N) is 3. The van der Waals surface area contributed by atoms with Gasteiger partial charge < -0.3 is 9.97 Å². The largest absolute Gasteiger partial charge is 0.341 e. The highest BCUT2D eigenvalue weighted by Gasteiger charge is 2.12. The predicted molar refractivity (Wildman–Crippen MR) is 71.7 cm³/mol. The third kappa shape index (κ3) is 2.24. The average Bonchev–Trinajstić information content (AvgIpc) is 2.87. The van der Waals surface area contributed by atoms with E-state index in [1.807, 2.05) is 0 Å². The van der Waals surface area contributed by atoms with E-state index in [1.54, 1.807) is 0 Å². The zero-order valence-electron chi connectivity index (χ0n) is 9.85. The van der Waals surface area contributed by atoms with Crippen LogP contribution in [0.4, 0.5) is 5.95 Å². The minimum Gasteiger partial charge on any atom is -0.341 e. The molecule has 0 atom stereocenters. The summed E-state index contributed by atoms with van der Waals surface area (Å²) in [6.45, 7) is 0. The van der Waals surface area contributed by atoms with Crippen LogP contribution in [0.1, 0.15) is 10.5 Å². The minimum atomic E-state index is -0.548. The first-order chi connectivity index (χ1) is 9.63. The number of halogens is 1. The van der Waals surface area contributed by atoms with E-state index < -0.39 is 5.91 Å². The number of hydrogen-bond acceptors (Lipinski definition) is 5. The van der Waals surface area contributed by atoms with Crippen molar-refractivity contribution in [1.82, 2.24) is 24.9 Å². The standard InChI is InChI=1S/C11H7ClN6O2/c12-8-7-9(14-4-13-7)17-11(16-8)18-10(20)5-2-1-3-6(19)15-5/h1-4H,(H,15,19)(H2,13,14,16,17,18,20). The fourth-order valence-corrected chi connectivity index (χ4v) is 1.82. The van der Waals surface area contributed by atoms with Crippen molar-refractivity contribution in [3.8, 4) is 0 Å². The van der Waals surface area contributed by atoms with Gasteiger partial charge in [0.1, 0.15) is 11.2 Å². The van der Waals surface area contributed by atoms with Crippen LogP contribution < -0.4 is 10.9 Å². The summed E-state index contributed by atoms with van der Waals surface area (Å²) >= 11 is 5.93. The Balaban J connectivity index is 1.93. The molecule has 0 radical (unpaired) electrons. The van der Waals surface area contributed by atoms with Crippen LogP contribution in [0, 0.1) is 0 Å². The number of carbonyl (C=O) groups excluding carboxylic acids is 1. The molecule has 1 amide bonds. The lowest BCUT2D eigenvalue weighted by Gasteiger charge is -2.03. The van der Waals surface area contributed by atoms with Crippen molar-refractivity contribution >= 4 is 34.6 Å². The molecular weight excluding hydrogens is 284 g/mol. The number of carbonyl (C=O) groups is 1. The van der Waals surface area contributed by atoms with Crippen molar-refractivity contribution in [3.05, 3.63) is 45.7 Å². The highest BCUT2D eigenvalue weighted by molar-refractivity contribution is 6.33. The summed E-state index contributed by atoms with van der Waals surface area (Å²) in [6.07, 6.45) is 1.42. The molecule has 0 aliphatic carbocycles. The lowest BCUT2D eigenvalue weighted by Crippen LogP contribution is -2.19. The van der Waals surface area contributed by atoms with E-state index in [0.717, 1.165) is 0 Å². The average molecular weight is 291 g/mol. The number of aromatic amines is 2. The maximum atomic E-state index is 11.9. The van der Waals surface area contributed by atoms with Gasteiger partial charge >= 0.3 is 0 Å². The molecule has 0 unspecified atom stereocenters. The molecule has 0 saturated carbocycles. The number of nitrogens with zero attached hydrogens (tertiary/aromatic N) is 3. The predicted octanol–water partition coefficient (Wildman–Crippen LogP) is 0.947. The summed E-state index contributed by atoms with van der Waals surface area (Å²) in [7, 11) is 0. The summed E-state index contributed by atoms with van der Waals surface area (Å²) in [5.74, 6) is -0.544. The Morgan fingerprint density at radius 1 is 1.30 bits per heavy atom. The lowest BCUT2D eigenvalue weighted by atomic mass is 10.3. The fraction of sp³-hybridized carbons (Fsp3) is 0. The fourth-order valence-electron chi connectivity index (χ4n) is 1.60. The summed E-state index contributed by atoms with van der Waals surface area (Å²) in [6, 6.07) is 4.24. The molecule has 9 heteroatoms. The number of aromatic nitrogens is 5. The minimum absolute atomic E-state index is 0.00398. The second-order valence-electron chi connectivity index (χ2n) is 3.82. The van der Waals surface area contributed by atoms with E-state index in [9.17, 15) is 9.59 Å². The molecule has 3 N–H and O–H groups in total. The molecule has 3 aromatic rings. The zero-order valence-corrected chi connectivity index (χ0v) is 10.6. The van der Waals surface area contributed by atoms with Gasteiger partial charge in [0, 0.05) is 6.07 Å². The smallest absolute Gasteiger partial charge is 0.274 e. The summed E-state index contributed by atoms with van der Waals surface area (Å²) in [5.41, 5.74) is 0.540. The number of fused-ring (bicyclic) bond motifs is 1. The summed E-state index contributed by atoms with van der Waals surface area (Å²) < 4.78 is 0. The number of pyridine rings is 1. The number of imidazole rings is 1. The van der Waals surface area contributed by atoms with Gasteiger partial charge in [0.15, 0.2) is 10.8 Å². The first-order valence-corrected chi connectivity index (χ1v) is 5.88. The van der Waals surface area contributed by atoms with Crippen molar-refractivity contribution in [3.63, 3.8) is 0 Å². The Labute approximate surface area is 116 Å². The first kappa shape index (κ1) is 12.3. The molecule has 0 aromatic carbocycles. The highest BCUT2D eigenvalue weighted by atomic mass is 35.5. The normalized spacial score (nSPS) is 10.7. The summed E-state index contributed by atoms with van der Waals surface area (Å²) in [5, 5.41) is 2.58. The third-order valence-electron chi connectivity index (χ3n) is 2.48. The van der Waals surface area contributed by atoms with Crippen molar-refractivity contribution < 1.29 is 4.79 Å². The van der Waals surface area contributed by atoms with Crippen LogP contribution in [0.5, 0.6) is 0 Å². The monoisotopic (exact) mass is 290 g/mol. The van der Waals surface area contributed by atoms with Gasteiger partial charge in [0.2, 0.25) is 11.5 Å². The molecule has 0 bridgehead atoms. The molecule has 0 saturated heterocycles. The number of amides is 1. The maximum absolute atomic E-state index is 11.9. The van der Waals surface area contributed by atoms with E-state index in [2.05, 4.69) is 30.2 Å². The topological polar surface area (TPSA) is 116 Å². The van der Waals surface area contributed by atoms with E-state index in [0.29, 0.717) is 11.2 Å². The van der Waals surface area contributed by atoms with Gasteiger partial charge in [-0.25, -0.2) is 4.98 Å². The second-order valence-corrected chi connectivity index (χ2v) is 4.18. The van der Waals surface area contributed by atoms with Crippen LogP contribution >= 0.6 is 11.6 Å². The van der Waals surface area contributed by atoms with Gasteiger partial charge in [-0.15, -0.1) is 0 Å². The second kappa shape index (κ2) is 4.74. The molecule has 0 fully saturated rings. The molecule has 0 aliphatic heterocycles. The van der Waals surface area contributed by atoms with E-state index in [1.165, 1.54) is 24.5 Å². The van der Waals surface area contributed by atoms with Gasteiger partial charge in [-0.1, -0.05) is 17.7 Å². The van der Waals surface area contributed by atoms with E-state index >= 15 is 0 Å². The maximum Gasteiger partial charge on any atom is 0.274 e. The van der Waals surface area contributed by atoms with Crippen molar-refractivity contribution in [1.29, 1.82) is 0 Å². The number of hydrogen-bond donors (Lipinski definition) is 3. The molecule has 3 rings (SSSR count). The number of H-pyrrole nitrogens is 2. The molecule has 0 spiro atoms. The lowest BCUT2D eigenvalue weighted by molar-refractivity contribution is 0.102. The molecule has 3 heterocycles. The zero-order chi connectivity index (χ0) is 14.1. The van der Waals surface area contributed by atoms with Gasteiger partial charge in [-0.2, -0.15) is 9.97 Å². The number of anilines is 1. The van der Waals surface area contributed by atoms with Crippen LogP contribution in [0.25, 0.3) is 11.2 Å². The molecule has 100 valence electrons. The number of rotatable bonds is 2.